The van der Waals surface area contributed by atoms with Crippen LogP contribution < -0.4 is 5.32 Å². The van der Waals surface area contributed by atoms with Crippen LogP contribution in [0, 0.1) is 0 Å². The summed E-state index contributed by atoms with van der Waals surface area (Å²) in [6.45, 7) is 1.84. The van der Waals surface area contributed by atoms with Crippen molar-refractivity contribution in [2.75, 3.05) is 7.05 Å². The fourth-order valence-electron chi connectivity index (χ4n) is 1.87. The maximum absolute atomic E-state index is 11.6. The Morgan fingerprint density at radius 3 is 2.69 bits per heavy atom. The zero-order chi connectivity index (χ0) is 11.9. The molecule has 6 nitrogen and oxygen atoms in total. The van der Waals surface area contributed by atoms with Crippen LogP contribution in [0.15, 0.2) is 12.3 Å². The average molecular weight is 222 g/mol. The van der Waals surface area contributed by atoms with Gasteiger partial charge in [-0.15, -0.1) is 0 Å². The lowest BCUT2D eigenvalue weighted by Crippen LogP contribution is -2.58. The van der Waals surface area contributed by atoms with Crippen molar-refractivity contribution in [2.45, 2.75) is 18.9 Å². The molecule has 16 heavy (non-hydrogen) atoms. The summed E-state index contributed by atoms with van der Waals surface area (Å²) in [6, 6.07) is 1.44. The molecule has 1 saturated heterocycles. The third-order valence-corrected chi connectivity index (χ3v) is 3.06. The van der Waals surface area contributed by atoms with Crippen LogP contribution in [0.1, 0.15) is 19.0 Å². The fraction of sp³-hybridized carbons (Fsp3) is 0.500. The van der Waals surface area contributed by atoms with Gasteiger partial charge in [-0.3, -0.25) is 14.8 Å². The zero-order valence-electron chi connectivity index (χ0n) is 9.52. The number of rotatable bonds is 1. The largest absolute Gasteiger partial charge is 0.324 e. The third-order valence-electron chi connectivity index (χ3n) is 3.06. The lowest BCUT2D eigenvalue weighted by atomic mass is 9.90. The number of amides is 3. The minimum atomic E-state index is -0.666. The monoisotopic (exact) mass is 222 g/mol. The quantitative estimate of drug-likeness (QED) is 0.738. The van der Waals surface area contributed by atoms with Crippen LogP contribution in [0.5, 0.6) is 0 Å². The highest BCUT2D eigenvalue weighted by Crippen LogP contribution is 2.31. The minimum Gasteiger partial charge on any atom is -0.316 e. The van der Waals surface area contributed by atoms with E-state index in [2.05, 4.69) is 10.4 Å². The first kappa shape index (κ1) is 10.7. The van der Waals surface area contributed by atoms with Gasteiger partial charge in [0, 0.05) is 20.3 Å². The number of carbonyl (C=O) groups excluding carboxylic acids is 2. The summed E-state index contributed by atoms with van der Waals surface area (Å²) in [5.74, 6) is -0.267. The fourth-order valence-corrected chi connectivity index (χ4v) is 1.87. The second-order valence-electron chi connectivity index (χ2n) is 4.24. The maximum Gasteiger partial charge on any atom is 0.324 e. The number of hydrogen-bond acceptors (Lipinski definition) is 3. The molecular formula is C10H14N4O2. The van der Waals surface area contributed by atoms with Crippen LogP contribution in [-0.2, 0) is 17.4 Å². The third kappa shape index (κ3) is 1.46. The summed E-state index contributed by atoms with van der Waals surface area (Å²) in [6.07, 6.45) is 2.03. The molecule has 1 unspecified atom stereocenters. The van der Waals surface area contributed by atoms with E-state index in [0.717, 1.165) is 5.69 Å². The standard InChI is InChI=1S/C10H14N4O2/c1-10(7-4-5-13(2)12-7)6-8(15)11-9(16)14(10)3/h4-5H,6H2,1-3H3,(H,11,15,16). The van der Waals surface area contributed by atoms with Crippen LogP contribution in [0.4, 0.5) is 4.79 Å². The summed E-state index contributed by atoms with van der Waals surface area (Å²) < 4.78 is 1.66. The molecule has 0 aromatic carbocycles. The second-order valence-corrected chi connectivity index (χ2v) is 4.24. The van der Waals surface area contributed by atoms with E-state index in [0.29, 0.717) is 0 Å². The Morgan fingerprint density at radius 2 is 2.12 bits per heavy atom. The normalized spacial score (nSPS) is 25.8. The molecule has 1 N–H and O–H groups in total. The highest BCUT2D eigenvalue weighted by molar-refractivity contribution is 5.97. The molecule has 1 aliphatic rings. The van der Waals surface area contributed by atoms with Gasteiger partial charge in [-0.1, -0.05) is 0 Å². The van der Waals surface area contributed by atoms with Gasteiger partial charge in [0.15, 0.2) is 0 Å². The smallest absolute Gasteiger partial charge is 0.316 e. The molecule has 6 heteroatoms. The molecule has 0 radical (unpaired) electrons. The van der Waals surface area contributed by atoms with Gasteiger partial charge in [-0.25, -0.2) is 4.79 Å². The van der Waals surface area contributed by atoms with Crippen LogP contribution in [0.3, 0.4) is 0 Å². The van der Waals surface area contributed by atoms with Gasteiger partial charge in [0.1, 0.15) is 0 Å². The van der Waals surface area contributed by atoms with Crippen molar-refractivity contribution in [3.05, 3.63) is 18.0 Å². The summed E-state index contributed by atoms with van der Waals surface area (Å²) >= 11 is 0. The van der Waals surface area contributed by atoms with Crippen LogP contribution in [-0.4, -0.2) is 33.7 Å². The molecule has 0 aliphatic carbocycles. The molecule has 0 saturated carbocycles. The van der Waals surface area contributed by atoms with E-state index in [-0.39, 0.29) is 18.4 Å². The first-order chi connectivity index (χ1) is 7.43. The Kier molecular flexibility index (Phi) is 2.22. The number of urea groups is 1. The van der Waals surface area contributed by atoms with Crippen LogP contribution in [0.25, 0.3) is 0 Å². The van der Waals surface area contributed by atoms with Crippen LogP contribution in [0.2, 0.25) is 0 Å². The van der Waals surface area contributed by atoms with Crippen molar-refractivity contribution >= 4 is 11.9 Å². The Morgan fingerprint density at radius 1 is 1.44 bits per heavy atom. The lowest BCUT2D eigenvalue weighted by Gasteiger charge is -2.40. The van der Waals surface area contributed by atoms with Gasteiger partial charge in [0.2, 0.25) is 5.91 Å². The number of carbonyl (C=O) groups is 2. The first-order valence-corrected chi connectivity index (χ1v) is 5.01. The predicted molar refractivity (Wildman–Crippen MR) is 56.5 cm³/mol. The first-order valence-electron chi connectivity index (χ1n) is 5.01. The van der Waals surface area contributed by atoms with Gasteiger partial charge in [0.25, 0.3) is 0 Å². The molecule has 1 aliphatic heterocycles. The van der Waals surface area contributed by atoms with Gasteiger partial charge >= 0.3 is 6.03 Å². The Labute approximate surface area is 93.2 Å². The molecular weight excluding hydrogens is 208 g/mol. The maximum atomic E-state index is 11.6. The number of aromatic nitrogens is 2. The zero-order valence-corrected chi connectivity index (χ0v) is 9.52. The van der Waals surface area contributed by atoms with E-state index >= 15 is 0 Å². The summed E-state index contributed by atoms with van der Waals surface area (Å²) in [4.78, 5) is 24.5. The van der Waals surface area contributed by atoms with Crippen molar-refractivity contribution in [2.24, 2.45) is 7.05 Å². The van der Waals surface area contributed by atoms with Gasteiger partial charge < -0.3 is 4.90 Å². The number of nitrogens with one attached hydrogen (secondary N) is 1. The molecule has 0 bridgehead atoms. The molecule has 2 rings (SSSR count). The van der Waals surface area contributed by atoms with E-state index in [1.807, 2.05) is 13.0 Å². The van der Waals surface area contributed by atoms with Crippen molar-refractivity contribution in [1.29, 1.82) is 0 Å². The molecule has 86 valence electrons. The van der Waals surface area contributed by atoms with Crippen molar-refractivity contribution < 1.29 is 9.59 Å². The Balaban J connectivity index is 2.42. The van der Waals surface area contributed by atoms with Crippen LogP contribution >= 0.6 is 0 Å². The number of hydrogen-bond donors (Lipinski definition) is 1. The SMILES string of the molecule is CN1C(=O)NC(=O)CC1(C)c1ccn(C)n1. The molecule has 1 fully saturated rings. The molecule has 1 aromatic heterocycles. The van der Waals surface area contributed by atoms with Crippen molar-refractivity contribution in [3.63, 3.8) is 0 Å². The Bertz CT molecular complexity index is 453. The van der Waals surface area contributed by atoms with E-state index in [1.54, 1.807) is 25.0 Å². The topological polar surface area (TPSA) is 67.2 Å². The number of imide groups is 1. The van der Waals surface area contributed by atoms with Gasteiger partial charge in [-0.05, 0) is 13.0 Å². The highest BCUT2D eigenvalue weighted by Gasteiger charge is 2.43. The van der Waals surface area contributed by atoms with E-state index in [9.17, 15) is 9.59 Å². The average Bonchev–Trinajstić information content (AvgIpc) is 2.61. The molecule has 3 amide bonds. The minimum absolute atomic E-state index is 0.228. The van der Waals surface area contributed by atoms with E-state index < -0.39 is 5.54 Å². The molecule has 0 spiro atoms. The molecule has 1 atom stereocenters. The molecule has 1 aromatic rings. The summed E-state index contributed by atoms with van der Waals surface area (Å²) in [7, 11) is 3.47. The van der Waals surface area contributed by atoms with Crippen molar-refractivity contribution in [3.8, 4) is 0 Å². The molecule has 2 heterocycles. The predicted octanol–water partition coefficient (Wildman–Crippen LogP) is 0.207. The van der Waals surface area contributed by atoms with Crippen molar-refractivity contribution in [1.82, 2.24) is 20.0 Å². The summed E-state index contributed by atoms with van der Waals surface area (Å²) in [5.41, 5.74) is 0.0569. The second kappa shape index (κ2) is 3.33. The van der Waals surface area contributed by atoms with E-state index in [4.69, 9.17) is 0 Å². The van der Waals surface area contributed by atoms with Gasteiger partial charge in [0.05, 0.1) is 17.7 Å². The lowest BCUT2D eigenvalue weighted by molar-refractivity contribution is -0.124. The summed E-state index contributed by atoms with van der Waals surface area (Å²) in [5, 5.41) is 6.54. The van der Waals surface area contributed by atoms with Gasteiger partial charge in [-0.2, -0.15) is 5.10 Å². The van der Waals surface area contributed by atoms with E-state index in [1.165, 1.54) is 4.90 Å². The highest BCUT2D eigenvalue weighted by atomic mass is 16.2. The number of aryl methyl sites for hydroxylation is 1. The number of nitrogens with zero attached hydrogens (tertiary/aromatic N) is 3. The Hall–Kier alpha value is -1.85.